The van der Waals surface area contributed by atoms with Crippen LogP contribution in [-0.4, -0.2) is 9.97 Å². The quantitative estimate of drug-likeness (QED) is 0.810. The molecule has 0 unspecified atom stereocenters. The third-order valence-electron chi connectivity index (χ3n) is 2.19. The van der Waals surface area contributed by atoms with Crippen LogP contribution in [0.5, 0.6) is 5.88 Å². The van der Waals surface area contributed by atoms with E-state index in [-0.39, 0.29) is 0 Å². The zero-order valence-electron chi connectivity index (χ0n) is 10.6. The Labute approximate surface area is 103 Å². The van der Waals surface area contributed by atoms with Crippen molar-refractivity contribution in [3.05, 3.63) is 54.0 Å². The van der Waals surface area contributed by atoms with E-state index in [9.17, 15) is 0 Å². The molecular weight excluding hydrogens is 212 g/mol. The van der Waals surface area contributed by atoms with E-state index >= 15 is 0 Å². The smallest absolute Gasteiger partial charge is 0.216 e. The molecule has 1 heterocycles. The summed E-state index contributed by atoms with van der Waals surface area (Å²) < 4.78 is 5.52. The second-order valence-corrected chi connectivity index (χ2v) is 3.26. The molecule has 1 aromatic heterocycles. The normalized spacial score (nSPS) is 9.12. The first-order chi connectivity index (χ1) is 8.36. The van der Waals surface area contributed by atoms with Crippen molar-refractivity contribution in [2.24, 2.45) is 0 Å². The Bertz CT molecular complexity index is 429. The summed E-state index contributed by atoms with van der Waals surface area (Å²) in [4.78, 5) is 7.82. The molecule has 2 aromatic rings. The molecule has 2 rings (SSSR count). The molecule has 0 spiro atoms. The maximum Gasteiger partial charge on any atom is 0.216 e. The van der Waals surface area contributed by atoms with Gasteiger partial charge in [0, 0.05) is 12.3 Å². The van der Waals surface area contributed by atoms with Gasteiger partial charge >= 0.3 is 0 Å². The molecule has 0 bridgehead atoms. The molecule has 0 aliphatic carbocycles. The van der Waals surface area contributed by atoms with Gasteiger partial charge in [0.05, 0.1) is 0 Å². The fourth-order valence-corrected chi connectivity index (χ4v) is 1.29. The molecular formula is C14H18N2O. The summed E-state index contributed by atoms with van der Waals surface area (Å²) in [6.07, 6.45) is 3.15. The summed E-state index contributed by atoms with van der Waals surface area (Å²) in [7, 11) is 0. The first-order valence-electron chi connectivity index (χ1n) is 5.79. The zero-order chi connectivity index (χ0) is 12.5. The standard InChI is InChI=1S/C12H12N2O.C2H6/c1-10-4-2-3-5-11(10)8-15-12-6-7-13-9-14-12;1-2/h2-7,9H,8H2,1H3;1-2H3. The summed E-state index contributed by atoms with van der Waals surface area (Å²) in [6.45, 7) is 6.61. The number of hydrogen-bond acceptors (Lipinski definition) is 3. The minimum atomic E-state index is 0.545. The number of rotatable bonds is 3. The Hall–Kier alpha value is -1.90. The molecule has 17 heavy (non-hydrogen) atoms. The average molecular weight is 230 g/mol. The van der Waals surface area contributed by atoms with Gasteiger partial charge in [-0.25, -0.2) is 9.97 Å². The van der Waals surface area contributed by atoms with E-state index in [0.29, 0.717) is 12.5 Å². The van der Waals surface area contributed by atoms with Crippen LogP contribution in [0.1, 0.15) is 25.0 Å². The van der Waals surface area contributed by atoms with Gasteiger partial charge in [-0.1, -0.05) is 38.1 Å². The molecule has 0 saturated carbocycles. The predicted molar refractivity (Wildman–Crippen MR) is 68.9 cm³/mol. The zero-order valence-corrected chi connectivity index (χ0v) is 10.6. The van der Waals surface area contributed by atoms with Crippen LogP contribution in [0.15, 0.2) is 42.9 Å². The van der Waals surface area contributed by atoms with E-state index in [0.717, 1.165) is 0 Å². The fraction of sp³-hybridized carbons (Fsp3) is 0.286. The van der Waals surface area contributed by atoms with Crippen LogP contribution in [0.25, 0.3) is 0 Å². The molecule has 0 atom stereocenters. The monoisotopic (exact) mass is 230 g/mol. The molecule has 0 radical (unpaired) electrons. The molecule has 0 amide bonds. The summed E-state index contributed by atoms with van der Waals surface area (Å²) in [5.74, 6) is 0.605. The third kappa shape index (κ3) is 4.23. The second kappa shape index (κ2) is 7.39. The van der Waals surface area contributed by atoms with Gasteiger partial charge in [-0.15, -0.1) is 0 Å². The van der Waals surface area contributed by atoms with Crippen molar-refractivity contribution >= 4 is 0 Å². The van der Waals surface area contributed by atoms with Crippen LogP contribution < -0.4 is 4.74 Å². The fourth-order valence-electron chi connectivity index (χ4n) is 1.29. The molecule has 0 aliphatic rings. The molecule has 1 aromatic carbocycles. The topological polar surface area (TPSA) is 35.0 Å². The summed E-state index contributed by atoms with van der Waals surface area (Å²) in [5, 5.41) is 0. The van der Waals surface area contributed by atoms with Crippen LogP contribution in [-0.2, 0) is 6.61 Å². The number of benzene rings is 1. The number of nitrogens with zero attached hydrogens (tertiary/aromatic N) is 2. The summed E-state index contributed by atoms with van der Waals surface area (Å²) in [6, 6.07) is 9.89. The molecule has 3 heteroatoms. The highest BCUT2D eigenvalue weighted by Gasteiger charge is 1.98. The maximum absolute atomic E-state index is 5.52. The van der Waals surface area contributed by atoms with Gasteiger partial charge in [0.1, 0.15) is 12.9 Å². The summed E-state index contributed by atoms with van der Waals surface area (Å²) >= 11 is 0. The second-order valence-electron chi connectivity index (χ2n) is 3.26. The van der Waals surface area contributed by atoms with Crippen LogP contribution in [0.4, 0.5) is 0 Å². The van der Waals surface area contributed by atoms with Gasteiger partial charge < -0.3 is 4.74 Å². The number of ether oxygens (including phenoxy) is 1. The minimum absolute atomic E-state index is 0.545. The molecule has 3 nitrogen and oxygen atoms in total. The van der Waals surface area contributed by atoms with Crippen molar-refractivity contribution in [2.45, 2.75) is 27.4 Å². The SMILES string of the molecule is CC.Cc1ccccc1COc1ccncn1. The Morgan fingerprint density at radius 1 is 1.12 bits per heavy atom. The van der Waals surface area contributed by atoms with E-state index in [2.05, 4.69) is 29.0 Å². The molecule has 0 aliphatic heterocycles. The number of aromatic nitrogens is 2. The van der Waals surface area contributed by atoms with Crippen molar-refractivity contribution in [1.29, 1.82) is 0 Å². The van der Waals surface area contributed by atoms with E-state index in [1.807, 2.05) is 26.0 Å². The lowest BCUT2D eigenvalue weighted by molar-refractivity contribution is 0.292. The van der Waals surface area contributed by atoms with Crippen molar-refractivity contribution in [3.8, 4) is 5.88 Å². The largest absolute Gasteiger partial charge is 0.473 e. The first-order valence-corrected chi connectivity index (χ1v) is 5.79. The van der Waals surface area contributed by atoms with Crippen LogP contribution in [0, 0.1) is 6.92 Å². The molecule has 90 valence electrons. The van der Waals surface area contributed by atoms with Crippen molar-refractivity contribution < 1.29 is 4.74 Å². The van der Waals surface area contributed by atoms with Gasteiger partial charge in [0.25, 0.3) is 0 Å². The van der Waals surface area contributed by atoms with Crippen molar-refractivity contribution in [3.63, 3.8) is 0 Å². The highest BCUT2D eigenvalue weighted by Crippen LogP contribution is 2.10. The lowest BCUT2D eigenvalue weighted by Crippen LogP contribution is -1.98. The Morgan fingerprint density at radius 3 is 2.53 bits per heavy atom. The van der Waals surface area contributed by atoms with E-state index in [4.69, 9.17) is 4.74 Å². The van der Waals surface area contributed by atoms with E-state index < -0.39 is 0 Å². The average Bonchev–Trinajstić information content (AvgIpc) is 2.41. The van der Waals surface area contributed by atoms with Gasteiger partial charge in [-0.05, 0) is 18.1 Å². The molecule has 0 fully saturated rings. The van der Waals surface area contributed by atoms with Crippen molar-refractivity contribution in [1.82, 2.24) is 9.97 Å². The first kappa shape index (κ1) is 13.2. The Balaban J connectivity index is 0.000000686. The van der Waals surface area contributed by atoms with Gasteiger partial charge in [0.2, 0.25) is 5.88 Å². The predicted octanol–water partition coefficient (Wildman–Crippen LogP) is 3.39. The molecule has 0 N–H and O–H groups in total. The number of aryl methyl sites for hydroxylation is 1. The summed E-state index contributed by atoms with van der Waals surface area (Å²) in [5.41, 5.74) is 2.41. The van der Waals surface area contributed by atoms with Crippen LogP contribution >= 0.6 is 0 Å². The van der Waals surface area contributed by atoms with Gasteiger partial charge in [0.15, 0.2) is 0 Å². The Morgan fingerprint density at radius 2 is 1.88 bits per heavy atom. The van der Waals surface area contributed by atoms with Crippen molar-refractivity contribution in [2.75, 3.05) is 0 Å². The lowest BCUT2D eigenvalue weighted by Gasteiger charge is -2.06. The lowest BCUT2D eigenvalue weighted by atomic mass is 10.1. The maximum atomic E-state index is 5.52. The van der Waals surface area contributed by atoms with Crippen LogP contribution in [0.3, 0.4) is 0 Å². The Kier molecular flexibility index (Phi) is 5.72. The third-order valence-corrected chi connectivity index (χ3v) is 2.19. The minimum Gasteiger partial charge on any atom is -0.473 e. The van der Waals surface area contributed by atoms with Gasteiger partial charge in [-0.3, -0.25) is 0 Å². The van der Waals surface area contributed by atoms with Crippen LogP contribution in [0.2, 0.25) is 0 Å². The van der Waals surface area contributed by atoms with E-state index in [1.165, 1.54) is 17.5 Å². The van der Waals surface area contributed by atoms with Gasteiger partial charge in [-0.2, -0.15) is 0 Å². The molecule has 0 saturated heterocycles. The highest BCUT2D eigenvalue weighted by molar-refractivity contribution is 5.25. The number of hydrogen-bond donors (Lipinski definition) is 0. The van der Waals surface area contributed by atoms with E-state index in [1.54, 1.807) is 12.3 Å². The highest BCUT2D eigenvalue weighted by atomic mass is 16.5.